The van der Waals surface area contributed by atoms with Crippen LogP contribution in [-0.2, 0) is 4.74 Å². The van der Waals surface area contributed by atoms with Crippen LogP contribution in [0.3, 0.4) is 0 Å². The van der Waals surface area contributed by atoms with Crippen molar-refractivity contribution in [3.8, 4) is 0 Å². The van der Waals surface area contributed by atoms with Crippen molar-refractivity contribution in [2.75, 3.05) is 20.2 Å². The molecule has 0 aromatic heterocycles. The molecule has 0 aromatic rings. The van der Waals surface area contributed by atoms with Crippen molar-refractivity contribution in [3.63, 3.8) is 0 Å². The van der Waals surface area contributed by atoms with Crippen LogP contribution in [0.5, 0.6) is 0 Å². The normalized spacial score (nSPS) is 28.9. The highest BCUT2D eigenvalue weighted by Gasteiger charge is 2.28. The fraction of sp³-hybridized carbons (Fsp3) is 1.00. The number of ether oxygens (including phenoxy) is 1. The Balaban J connectivity index is 2.09. The Morgan fingerprint density at radius 3 is 2.50 bits per heavy atom. The Morgan fingerprint density at radius 2 is 2.07 bits per heavy atom. The molecule has 0 bridgehead atoms. The minimum absolute atomic E-state index is 0.489. The zero-order valence-electron chi connectivity index (χ0n) is 9.62. The summed E-state index contributed by atoms with van der Waals surface area (Å²) in [5.74, 6) is 1.28. The van der Waals surface area contributed by atoms with Crippen molar-refractivity contribution < 1.29 is 4.74 Å². The van der Waals surface area contributed by atoms with Gasteiger partial charge in [-0.1, -0.05) is 13.8 Å². The van der Waals surface area contributed by atoms with E-state index in [9.17, 15) is 0 Å². The maximum Gasteiger partial charge on any atom is 0.0601 e. The summed E-state index contributed by atoms with van der Waals surface area (Å²) >= 11 is 0. The molecule has 1 saturated carbocycles. The first-order valence-corrected chi connectivity index (χ1v) is 5.63. The van der Waals surface area contributed by atoms with E-state index in [0.29, 0.717) is 24.0 Å². The molecule has 0 spiro atoms. The van der Waals surface area contributed by atoms with Crippen molar-refractivity contribution in [3.05, 3.63) is 0 Å². The van der Waals surface area contributed by atoms with Crippen molar-refractivity contribution >= 4 is 0 Å². The fourth-order valence-electron chi connectivity index (χ4n) is 1.83. The van der Waals surface area contributed by atoms with Gasteiger partial charge in [0.25, 0.3) is 0 Å². The third-order valence-electron chi connectivity index (χ3n) is 3.34. The molecule has 0 saturated heterocycles. The van der Waals surface area contributed by atoms with Gasteiger partial charge in [-0.05, 0) is 37.8 Å². The largest absolute Gasteiger partial charge is 0.381 e. The van der Waals surface area contributed by atoms with Gasteiger partial charge in [0.2, 0.25) is 0 Å². The third kappa shape index (κ3) is 3.23. The maximum absolute atomic E-state index is 5.71. The summed E-state index contributed by atoms with van der Waals surface area (Å²) in [4.78, 5) is 0. The molecule has 3 N–H and O–H groups in total. The van der Waals surface area contributed by atoms with Gasteiger partial charge in [-0.25, -0.2) is 0 Å². The molecule has 1 unspecified atom stereocenters. The Kier molecular flexibility index (Phi) is 4.85. The van der Waals surface area contributed by atoms with Crippen LogP contribution in [0.4, 0.5) is 0 Å². The van der Waals surface area contributed by atoms with Gasteiger partial charge in [-0.3, -0.25) is 0 Å². The number of hydrogen-bond donors (Lipinski definition) is 2. The predicted molar refractivity (Wildman–Crippen MR) is 59.2 cm³/mol. The lowest BCUT2D eigenvalue weighted by Crippen LogP contribution is -2.47. The molecule has 1 aliphatic rings. The van der Waals surface area contributed by atoms with Crippen LogP contribution in [0.15, 0.2) is 0 Å². The van der Waals surface area contributed by atoms with E-state index in [-0.39, 0.29) is 0 Å². The summed E-state index contributed by atoms with van der Waals surface area (Å²) < 4.78 is 5.23. The van der Waals surface area contributed by atoms with Crippen LogP contribution < -0.4 is 11.1 Å². The SMILES string of the molecule is COC1CC(NCC(CN)C(C)C)C1. The molecule has 3 heteroatoms. The van der Waals surface area contributed by atoms with Gasteiger partial charge in [0.05, 0.1) is 6.10 Å². The average molecular weight is 200 g/mol. The Bertz CT molecular complexity index is 155. The van der Waals surface area contributed by atoms with Gasteiger partial charge < -0.3 is 15.8 Å². The van der Waals surface area contributed by atoms with Gasteiger partial charge in [0.1, 0.15) is 0 Å². The van der Waals surface area contributed by atoms with E-state index < -0.39 is 0 Å². The fourth-order valence-corrected chi connectivity index (χ4v) is 1.83. The second kappa shape index (κ2) is 5.69. The summed E-state index contributed by atoms with van der Waals surface area (Å²) in [6.07, 6.45) is 2.81. The smallest absolute Gasteiger partial charge is 0.0601 e. The molecule has 14 heavy (non-hydrogen) atoms. The predicted octanol–water partition coefficient (Wildman–Crippen LogP) is 0.984. The number of hydrogen-bond acceptors (Lipinski definition) is 3. The average Bonchev–Trinajstić information content (AvgIpc) is 2.08. The first-order valence-electron chi connectivity index (χ1n) is 5.63. The number of nitrogens with two attached hydrogens (primary N) is 1. The summed E-state index contributed by atoms with van der Waals surface area (Å²) in [7, 11) is 1.79. The summed E-state index contributed by atoms with van der Waals surface area (Å²) in [5, 5.41) is 3.56. The van der Waals surface area contributed by atoms with E-state index in [2.05, 4.69) is 19.2 Å². The number of rotatable bonds is 6. The van der Waals surface area contributed by atoms with E-state index in [1.807, 2.05) is 0 Å². The van der Waals surface area contributed by atoms with Crippen LogP contribution in [0.1, 0.15) is 26.7 Å². The lowest BCUT2D eigenvalue weighted by molar-refractivity contribution is 0.0161. The minimum Gasteiger partial charge on any atom is -0.381 e. The van der Waals surface area contributed by atoms with Gasteiger partial charge in [-0.15, -0.1) is 0 Å². The van der Waals surface area contributed by atoms with Gasteiger partial charge in [0.15, 0.2) is 0 Å². The van der Waals surface area contributed by atoms with E-state index in [0.717, 1.165) is 25.9 Å². The van der Waals surface area contributed by atoms with Crippen molar-refractivity contribution in [2.24, 2.45) is 17.6 Å². The molecule has 0 amide bonds. The van der Waals surface area contributed by atoms with Crippen LogP contribution in [0.25, 0.3) is 0 Å². The van der Waals surface area contributed by atoms with Crippen LogP contribution >= 0.6 is 0 Å². The molecular formula is C11H24N2O. The van der Waals surface area contributed by atoms with E-state index in [1.54, 1.807) is 7.11 Å². The third-order valence-corrected chi connectivity index (χ3v) is 3.34. The Morgan fingerprint density at radius 1 is 1.43 bits per heavy atom. The minimum atomic E-state index is 0.489. The zero-order chi connectivity index (χ0) is 10.6. The molecule has 84 valence electrons. The summed E-state index contributed by atoms with van der Waals surface area (Å²) in [6.45, 7) is 6.30. The number of nitrogens with one attached hydrogen (secondary N) is 1. The maximum atomic E-state index is 5.71. The topological polar surface area (TPSA) is 47.3 Å². The van der Waals surface area contributed by atoms with E-state index >= 15 is 0 Å². The molecule has 1 rings (SSSR count). The number of methoxy groups -OCH3 is 1. The monoisotopic (exact) mass is 200 g/mol. The van der Waals surface area contributed by atoms with Gasteiger partial charge in [0, 0.05) is 13.2 Å². The van der Waals surface area contributed by atoms with Gasteiger partial charge >= 0.3 is 0 Å². The quantitative estimate of drug-likeness (QED) is 0.672. The van der Waals surface area contributed by atoms with Crippen molar-refractivity contribution in [2.45, 2.75) is 38.8 Å². The molecule has 0 aromatic carbocycles. The van der Waals surface area contributed by atoms with Crippen LogP contribution in [0, 0.1) is 11.8 Å². The summed E-state index contributed by atoms with van der Waals surface area (Å²) in [6, 6.07) is 0.660. The highest BCUT2D eigenvalue weighted by Crippen LogP contribution is 2.22. The molecule has 1 fully saturated rings. The van der Waals surface area contributed by atoms with Crippen molar-refractivity contribution in [1.82, 2.24) is 5.32 Å². The second-order valence-electron chi connectivity index (χ2n) is 4.67. The Hall–Kier alpha value is -0.120. The zero-order valence-corrected chi connectivity index (χ0v) is 9.62. The highest BCUT2D eigenvalue weighted by molar-refractivity contribution is 4.86. The van der Waals surface area contributed by atoms with E-state index in [1.165, 1.54) is 0 Å². The standard InChI is InChI=1S/C11H24N2O/c1-8(2)9(6-12)7-13-10-4-11(5-10)14-3/h8-11,13H,4-7,12H2,1-3H3. The van der Waals surface area contributed by atoms with E-state index in [4.69, 9.17) is 10.5 Å². The molecule has 0 heterocycles. The molecule has 0 radical (unpaired) electrons. The van der Waals surface area contributed by atoms with Crippen molar-refractivity contribution in [1.29, 1.82) is 0 Å². The first-order chi connectivity index (χ1) is 6.67. The second-order valence-corrected chi connectivity index (χ2v) is 4.67. The lowest BCUT2D eigenvalue weighted by Gasteiger charge is -2.36. The van der Waals surface area contributed by atoms with Crippen LogP contribution in [-0.4, -0.2) is 32.3 Å². The molecule has 1 atom stereocenters. The van der Waals surface area contributed by atoms with Crippen LogP contribution in [0.2, 0.25) is 0 Å². The molecular weight excluding hydrogens is 176 g/mol. The lowest BCUT2D eigenvalue weighted by atomic mass is 9.88. The van der Waals surface area contributed by atoms with Gasteiger partial charge in [-0.2, -0.15) is 0 Å². The highest BCUT2D eigenvalue weighted by atomic mass is 16.5. The summed E-state index contributed by atoms with van der Waals surface area (Å²) in [5.41, 5.74) is 5.71. The molecule has 0 aliphatic heterocycles. The molecule has 3 nitrogen and oxygen atoms in total. The Labute approximate surface area is 87.4 Å². The first kappa shape index (κ1) is 12.0. The molecule has 1 aliphatic carbocycles.